The molecule has 4 rings (SSSR count). The molecule has 0 aliphatic heterocycles. The fourth-order valence-electron chi connectivity index (χ4n) is 3.37. The van der Waals surface area contributed by atoms with E-state index in [-0.39, 0.29) is 5.91 Å². The third-order valence-electron chi connectivity index (χ3n) is 4.78. The van der Waals surface area contributed by atoms with Crippen LogP contribution in [0, 0.1) is 0 Å². The molecule has 130 valence electrons. The number of aromatic nitrogens is 2. The monoisotopic (exact) mass is 343 g/mol. The molecule has 0 unspecified atom stereocenters. The number of nitrogens with zero attached hydrogens (tertiary/aromatic N) is 1. The quantitative estimate of drug-likeness (QED) is 0.569. The summed E-state index contributed by atoms with van der Waals surface area (Å²) >= 11 is 0. The normalized spacial score (nSPS) is 11.1. The summed E-state index contributed by atoms with van der Waals surface area (Å²) in [5.41, 5.74) is 5.03. The van der Waals surface area contributed by atoms with E-state index >= 15 is 0 Å². The maximum Gasteiger partial charge on any atom is 0.269 e. The van der Waals surface area contributed by atoms with E-state index in [1.807, 2.05) is 36.5 Å². The summed E-state index contributed by atoms with van der Waals surface area (Å²) in [6.07, 6.45) is 3.83. The highest BCUT2D eigenvalue weighted by Crippen LogP contribution is 2.22. The molecule has 0 saturated carbocycles. The zero-order valence-electron chi connectivity index (χ0n) is 14.8. The first-order valence-corrected chi connectivity index (χ1v) is 8.98. The second kappa shape index (κ2) is 7.00. The van der Waals surface area contributed by atoms with Crippen LogP contribution in [-0.2, 0) is 12.8 Å². The summed E-state index contributed by atoms with van der Waals surface area (Å²) < 4.78 is 0. The number of amides is 1. The molecule has 0 bridgehead atoms. The molecule has 1 amide bonds. The van der Waals surface area contributed by atoms with Gasteiger partial charge in [0, 0.05) is 29.0 Å². The Morgan fingerprint density at radius 1 is 1.04 bits per heavy atom. The molecule has 2 N–H and O–H groups in total. The van der Waals surface area contributed by atoms with Crippen LogP contribution in [0.5, 0.6) is 0 Å². The fraction of sp³-hybridized carbons (Fsp3) is 0.182. The van der Waals surface area contributed by atoms with Gasteiger partial charge in [-0.05, 0) is 36.1 Å². The molecule has 26 heavy (non-hydrogen) atoms. The maximum atomic E-state index is 12.4. The lowest BCUT2D eigenvalue weighted by molar-refractivity contribution is 0.0949. The van der Waals surface area contributed by atoms with Crippen molar-refractivity contribution in [2.45, 2.75) is 19.8 Å². The molecular formula is C22H21N3O. The Bertz CT molecular complexity index is 1080. The van der Waals surface area contributed by atoms with E-state index in [0.29, 0.717) is 12.2 Å². The minimum absolute atomic E-state index is 0.134. The third kappa shape index (κ3) is 3.06. The average molecular weight is 343 g/mol. The molecule has 4 heteroatoms. The van der Waals surface area contributed by atoms with Gasteiger partial charge < -0.3 is 10.3 Å². The van der Waals surface area contributed by atoms with Crippen molar-refractivity contribution in [2.75, 3.05) is 6.54 Å². The molecule has 0 radical (unpaired) electrons. The van der Waals surface area contributed by atoms with Gasteiger partial charge in [0.2, 0.25) is 0 Å². The lowest BCUT2D eigenvalue weighted by atomic mass is 10.1. The number of benzene rings is 2. The van der Waals surface area contributed by atoms with Crippen molar-refractivity contribution in [3.63, 3.8) is 0 Å². The van der Waals surface area contributed by atoms with Crippen LogP contribution in [-0.4, -0.2) is 22.4 Å². The third-order valence-corrected chi connectivity index (χ3v) is 4.78. The Morgan fingerprint density at radius 3 is 2.81 bits per heavy atom. The van der Waals surface area contributed by atoms with E-state index in [1.54, 1.807) is 6.07 Å². The number of aryl methyl sites for hydroxylation is 1. The minimum Gasteiger partial charge on any atom is -0.361 e. The predicted octanol–water partition coefficient (Wildman–Crippen LogP) is 4.25. The summed E-state index contributed by atoms with van der Waals surface area (Å²) in [6, 6.07) is 17.9. The van der Waals surface area contributed by atoms with E-state index < -0.39 is 0 Å². The number of hydrogen-bond acceptors (Lipinski definition) is 2. The van der Waals surface area contributed by atoms with Crippen molar-refractivity contribution in [1.29, 1.82) is 0 Å². The fourth-order valence-corrected chi connectivity index (χ4v) is 3.37. The summed E-state index contributed by atoms with van der Waals surface area (Å²) in [7, 11) is 0. The Hall–Kier alpha value is -3.14. The molecule has 0 spiro atoms. The molecule has 4 nitrogen and oxygen atoms in total. The van der Waals surface area contributed by atoms with E-state index in [4.69, 9.17) is 0 Å². The molecule has 0 saturated heterocycles. The van der Waals surface area contributed by atoms with Crippen molar-refractivity contribution in [2.24, 2.45) is 0 Å². The average Bonchev–Trinajstić information content (AvgIpc) is 3.10. The zero-order valence-corrected chi connectivity index (χ0v) is 14.8. The van der Waals surface area contributed by atoms with Gasteiger partial charge in [0.25, 0.3) is 5.91 Å². The molecule has 2 heterocycles. The maximum absolute atomic E-state index is 12.4. The Morgan fingerprint density at radius 2 is 1.92 bits per heavy atom. The molecule has 0 aliphatic rings. The number of carbonyl (C=O) groups is 1. The van der Waals surface area contributed by atoms with Crippen LogP contribution < -0.4 is 5.32 Å². The van der Waals surface area contributed by atoms with Crippen LogP contribution in [0.1, 0.15) is 28.5 Å². The molecule has 2 aromatic carbocycles. The first kappa shape index (κ1) is 16.3. The number of fused-ring (bicyclic) bond motifs is 2. The highest BCUT2D eigenvalue weighted by atomic mass is 16.1. The van der Waals surface area contributed by atoms with Crippen LogP contribution in [0.15, 0.2) is 60.8 Å². The van der Waals surface area contributed by atoms with Crippen LogP contribution in [0.25, 0.3) is 21.8 Å². The van der Waals surface area contributed by atoms with Crippen molar-refractivity contribution < 1.29 is 4.79 Å². The van der Waals surface area contributed by atoms with Crippen LogP contribution in [0.4, 0.5) is 0 Å². The Balaban J connectivity index is 1.45. The predicted molar refractivity (Wildman–Crippen MR) is 105 cm³/mol. The van der Waals surface area contributed by atoms with Gasteiger partial charge in [-0.25, -0.2) is 4.98 Å². The lowest BCUT2D eigenvalue weighted by Gasteiger charge is -2.06. The van der Waals surface area contributed by atoms with Gasteiger partial charge >= 0.3 is 0 Å². The van der Waals surface area contributed by atoms with E-state index in [0.717, 1.165) is 23.7 Å². The van der Waals surface area contributed by atoms with E-state index in [1.165, 1.54) is 22.0 Å². The first-order chi connectivity index (χ1) is 12.8. The van der Waals surface area contributed by atoms with Gasteiger partial charge in [-0.2, -0.15) is 0 Å². The van der Waals surface area contributed by atoms with Gasteiger partial charge in [-0.3, -0.25) is 4.79 Å². The van der Waals surface area contributed by atoms with Crippen molar-refractivity contribution >= 4 is 27.7 Å². The topological polar surface area (TPSA) is 57.8 Å². The summed E-state index contributed by atoms with van der Waals surface area (Å²) in [5, 5.41) is 5.25. The zero-order chi connectivity index (χ0) is 17.9. The molecule has 2 aromatic heterocycles. The highest BCUT2D eigenvalue weighted by molar-refractivity contribution is 5.95. The van der Waals surface area contributed by atoms with Crippen molar-refractivity contribution in [3.05, 3.63) is 77.6 Å². The van der Waals surface area contributed by atoms with Gasteiger partial charge in [0.15, 0.2) is 0 Å². The Kier molecular flexibility index (Phi) is 4.40. The van der Waals surface area contributed by atoms with Crippen molar-refractivity contribution in [1.82, 2.24) is 15.3 Å². The van der Waals surface area contributed by atoms with E-state index in [9.17, 15) is 4.79 Å². The van der Waals surface area contributed by atoms with Crippen LogP contribution >= 0.6 is 0 Å². The number of hydrogen-bond donors (Lipinski definition) is 2. The first-order valence-electron chi connectivity index (χ1n) is 8.98. The van der Waals surface area contributed by atoms with Gasteiger partial charge in [0.1, 0.15) is 5.69 Å². The second-order valence-electron chi connectivity index (χ2n) is 6.40. The molecule has 0 aliphatic carbocycles. The lowest BCUT2D eigenvalue weighted by Crippen LogP contribution is -2.26. The van der Waals surface area contributed by atoms with E-state index in [2.05, 4.69) is 40.4 Å². The van der Waals surface area contributed by atoms with Gasteiger partial charge in [-0.1, -0.05) is 49.4 Å². The number of carbonyl (C=O) groups excluding carboxylic acids is 1. The van der Waals surface area contributed by atoms with Crippen LogP contribution in [0.3, 0.4) is 0 Å². The van der Waals surface area contributed by atoms with Gasteiger partial charge in [-0.15, -0.1) is 0 Å². The second-order valence-corrected chi connectivity index (χ2v) is 6.40. The van der Waals surface area contributed by atoms with Gasteiger partial charge in [0.05, 0.1) is 5.52 Å². The molecular weight excluding hydrogens is 322 g/mol. The molecule has 4 aromatic rings. The van der Waals surface area contributed by atoms with Crippen LogP contribution in [0.2, 0.25) is 0 Å². The Labute approximate surface area is 152 Å². The number of pyridine rings is 1. The smallest absolute Gasteiger partial charge is 0.269 e. The standard InChI is InChI=1S/C22H21N3O/c1-2-15-7-5-8-18-17(14-24-21(15)18)12-13-23-22(26)20-11-10-16-6-3-4-9-19(16)25-20/h3-11,14,24H,2,12-13H2,1H3,(H,23,26). The minimum atomic E-state index is -0.134. The number of rotatable bonds is 5. The molecule has 0 atom stereocenters. The largest absolute Gasteiger partial charge is 0.361 e. The summed E-state index contributed by atoms with van der Waals surface area (Å²) in [5.74, 6) is -0.134. The number of aromatic amines is 1. The van der Waals surface area contributed by atoms with Crippen molar-refractivity contribution in [3.8, 4) is 0 Å². The number of para-hydroxylation sites is 2. The summed E-state index contributed by atoms with van der Waals surface area (Å²) in [6.45, 7) is 2.74. The summed E-state index contributed by atoms with van der Waals surface area (Å²) in [4.78, 5) is 20.2. The SMILES string of the molecule is CCc1cccc2c(CCNC(=O)c3ccc4ccccc4n3)c[nH]c12. The number of H-pyrrole nitrogens is 1. The highest BCUT2D eigenvalue weighted by Gasteiger charge is 2.10. The number of nitrogens with one attached hydrogen (secondary N) is 2. The molecule has 0 fully saturated rings.